The van der Waals surface area contributed by atoms with E-state index in [1.54, 1.807) is 6.07 Å². The Bertz CT molecular complexity index is 360. The van der Waals surface area contributed by atoms with Gasteiger partial charge in [0.05, 0.1) is 0 Å². The molecule has 0 amide bonds. The van der Waals surface area contributed by atoms with Crippen LogP contribution in [0.2, 0.25) is 0 Å². The lowest BCUT2D eigenvalue weighted by Crippen LogP contribution is -1.88. The van der Waals surface area contributed by atoms with Crippen LogP contribution >= 0.6 is 22.6 Å². The van der Waals surface area contributed by atoms with E-state index < -0.39 is 5.97 Å². The van der Waals surface area contributed by atoms with Gasteiger partial charge in [-0.1, -0.05) is 18.1 Å². The average molecular weight is 272 g/mol. The summed E-state index contributed by atoms with van der Waals surface area (Å²) in [5, 5.41) is 8.29. The third kappa shape index (κ3) is 2.55. The minimum absolute atomic E-state index is 0.750. The predicted molar refractivity (Wildman–Crippen MR) is 53.7 cm³/mol. The second kappa shape index (κ2) is 4.12. The molecule has 60 valence electrons. The zero-order valence-electron chi connectivity index (χ0n) is 6.04. The zero-order valence-corrected chi connectivity index (χ0v) is 8.20. The molecule has 1 aromatic carbocycles. The maximum Gasteiger partial charge on any atom is 0.382 e. The molecule has 2 nitrogen and oxygen atoms in total. The van der Waals surface area contributed by atoms with Gasteiger partial charge in [-0.25, -0.2) is 4.79 Å². The maximum absolute atomic E-state index is 10.1. The van der Waals surface area contributed by atoms with Gasteiger partial charge in [-0.2, -0.15) is 0 Å². The van der Waals surface area contributed by atoms with Crippen molar-refractivity contribution in [3.8, 4) is 11.8 Å². The van der Waals surface area contributed by atoms with Gasteiger partial charge in [0.1, 0.15) is 0 Å². The number of carboxylic acids is 1. The molecular formula is C9H5IO2. The smallest absolute Gasteiger partial charge is 0.382 e. The van der Waals surface area contributed by atoms with Crippen LogP contribution < -0.4 is 0 Å². The van der Waals surface area contributed by atoms with Crippen LogP contribution in [0, 0.1) is 15.4 Å². The van der Waals surface area contributed by atoms with E-state index in [9.17, 15) is 4.79 Å². The third-order valence-electron chi connectivity index (χ3n) is 1.18. The van der Waals surface area contributed by atoms with E-state index in [0.29, 0.717) is 0 Å². The van der Waals surface area contributed by atoms with E-state index in [1.165, 1.54) is 0 Å². The van der Waals surface area contributed by atoms with E-state index in [1.807, 2.05) is 18.2 Å². The molecule has 0 aromatic heterocycles. The number of hydrogen-bond donors (Lipinski definition) is 1. The first-order valence-electron chi connectivity index (χ1n) is 3.19. The van der Waals surface area contributed by atoms with Crippen molar-refractivity contribution in [2.24, 2.45) is 0 Å². The monoisotopic (exact) mass is 272 g/mol. The van der Waals surface area contributed by atoms with Crippen molar-refractivity contribution in [1.82, 2.24) is 0 Å². The molecule has 0 saturated carbocycles. The molecule has 0 heterocycles. The summed E-state index contributed by atoms with van der Waals surface area (Å²) < 4.78 is 0.962. The van der Waals surface area contributed by atoms with Crippen molar-refractivity contribution in [3.63, 3.8) is 0 Å². The summed E-state index contributed by atoms with van der Waals surface area (Å²) in [5.41, 5.74) is 0.750. The molecule has 1 N–H and O–H groups in total. The van der Waals surface area contributed by atoms with Crippen molar-refractivity contribution in [2.45, 2.75) is 0 Å². The summed E-state index contributed by atoms with van der Waals surface area (Å²) in [7, 11) is 0. The van der Waals surface area contributed by atoms with Crippen molar-refractivity contribution in [2.75, 3.05) is 0 Å². The normalized spacial score (nSPS) is 8.42. The molecule has 1 rings (SSSR count). The lowest BCUT2D eigenvalue weighted by molar-refractivity contribution is -0.130. The Hall–Kier alpha value is -1.02. The highest BCUT2D eigenvalue weighted by molar-refractivity contribution is 14.1. The molecule has 0 saturated heterocycles. The lowest BCUT2D eigenvalue weighted by atomic mass is 10.2. The van der Waals surface area contributed by atoms with Crippen LogP contribution in [0.15, 0.2) is 24.3 Å². The first kappa shape index (κ1) is 9.07. The molecular weight excluding hydrogens is 267 g/mol. The Balaban J connectivity index is 2.99. The van der Waals surface area contributed by atoms with Crippen LogP contribution in [-0.2, 0) is 4.79 Å². The summed E-state index contributed by atoms with van der Waals surface area (Å²) in [6.07, 6.45) is 0. The number of carboxylic acid groups (broad SMARTS) is 1. The number of benzene rings is 1. The molecule has 0 aliphatic carbocycles. The van der Waals surface area contributed by atoms with E-state index in [2.05, 4.69) is 34.4 Å². The van der Waals surface area contributed by atoms with E-state index in [-0.39, 0.29) is 0 Å². The van der Waals surface area contributed by atoms with Crippen molar-refractivity contribution in [3.05, 3.63) is 33.4 Å². The van der Waals surface area contributed by atoms with Crippen LogP contribution in [0.25, 0.3) is 0 Å². The van der Waals surface area contributed by atoms with Crippen molar-refractivity contribution >= 4 is 28.6 Å². The quantitative estimate of drug-likeness (QED) is 0.577. The summed E-state index contributed by atoms with van der Waals surface area (Å²) in [4.78, 5) is 10.1. The van der Waals surface area contributed by atoms with Crippen LogP contribution in [0.1, 0.15) is 5.56 Å². The molecule has 0 bridgehead atoms. The molecule has 0 atom stereocenters. The molecule has 12 heavy (non-hydrogen) atoms. The van der Waals surface area contributed by atoms with Gasteiger partial charge in [0, 0.05) is 15.1 Å². The molecule has 0 fully saturated rings. The fourth-order valence-electron chi connectivity index (χ4n) is 0.683. The van der Waals surface area contributed by atoms with E-state index >= 15 is 0 Å². The Labute approximate surface area is 83.7 Å². The minimum Gasteiger partial charge on any atom is -0.472 e. The van der Waals surface area contributed by atoms with Crippen molar-refractivity contribution in [1.29, 1.82) is 0 Å². The molecule has 0 aliphatic heterocycles. The van der Waals surface area contributed by atoms with Crippen LogP contribution in [0.3, 0.4) is 0 Å². The Morgan fingerprint density at radius 1 is 1.42 bits per heavy atom. The van der Waals surface area contributed by atoms with Gasteiger partial charge in [0.2, 0.25) is 0 Å². The van der Waals surface area contributed by atoms with Crippen LogP contribution in [0.4, 0.5) is 0 Å². The lowest BCUT2D eigenvalue weighted by Gasteiger charge is -1.91. The van der Waals surface area contributed by atoms with Gasteiger partial charge in [-0.15, -0.1) is 0 Å². The summed E-state index contributed by atoms with van der Waals surface area (Å²) in [6.45, 7) is 0. The topological polar surface area (TPSA) is 37.3 Å². The average Bonchev–Trinajstić information content (AvgIpc) is 2.03. The highest BCUT2D eigenvalue weighted by Crippen LogP contribution is 2.09. The van der Waals surface area contributed by atoms with Gasteiger partial charge in [0.15, 0.2) is 0 Å². The number of aliphatic carboxylic acids is 1. The SMILES string of the molecule is O=C(O)C#Cc1ccccc1I. The van der Waals surface area contributed by atoms with Gasteiger partial charge in [0.25, 0.3) is 0 Å². The fraction of sp³-hybridized carbons (Fsp3) is 0. The number of rotatable bonds is 0. The predicted octanol–water partition coefficient (Wildman–Crippen LogP) is 1.73. The molecule has 0 aliphatic rings. The summed E-state index contributed by atoms with van der Waals surface area (Å²) >= 11 is 2.11. The molecule has 3 heteroatoms. The first-order valence-corrected chi connectivity index (χ1v) is 4.27. The molecule has 0 unspecified atom stereocenters. The third-order valence-corrected chi connectivity index (χ3v) is 2.12. The minimum atomic E-state index is -1.10. The first-order chi connectivity index (χ1) is 5.70. The summed E-state index contributed by atoms with van der Waals surface area (Å²) in [6, 6.07) is 7.38. The molecule has 1 aromatic rings. The highest BCUT2D eigenvalue weighted by atomic mass is 127. The Kier molecular flexibility index (Phi) is 3.11. The van der Waals surface area contributed by atoms with Gasteiger partial charge in [-0.05, 0) is 34.7 Å². The van der Waals surface area contributed by atoms with Crippen LogP contribution in [-0.4, -0.2) is 11.1 Å². The fourth-order valence-corrected chi connectivity index (χ4v) is 1.21. The molecule has 0 spiro atoms. The highest BCUT2D eigenvalue weighted by Gasteiger charge is 1.92. The number of halogens is 1. The van der Waals surface area contributed by atoms with Crippen LogP contribution in [0.5, 0.6) is 0 Å². The van der Waals surface area contributed by atoms with Gasteiger partial charge < -0.3 is 5.11 Å². The molecule has 0 radical (unpaired) electrons. The second-order valence-corrected chi connectivity index (χ2v) is 3.20. The van der Waals surface area contributed by atoms with Gasteiger partial charge >= 0.3 is 5.97 Å². The number of carbonyl (C=O) groups is 1. The number of hydrogen-bond acceptors (Lipinski definition) is 1. The zero-order chi connectivity index (χ0) is 8.97. The Morgan fingerprint density at radius 2 is 2.08 bits per heavy atom. The van der Waals surface area contributed by atoms with Gasteiger partial charge in [-0.3, -0.25) is 0 Å². The summed E-state index contributed by atoms with van der Waals surface area (Å²) in [5.74, 6) is 3.52. The maximum atomic E-state index is 10.1. The van der Waals surface area contributed by atoms with Crippen molar-refractivity contribution < 1.29 is 9.90 Å². The Morgan fingerprint density at radius 3 is 2.67 bits per heavy atom. The van der Waals surface area contributed by atoms with E-state index in [4.69, 9.17) is 5.11 Å². The second-order valence-electron chi connectivity index (χ2n) is 2.03. The largest absolute Gasteiger partial charge is 0.472 e. The van der Waals surface area contributed by atoms with E-state index in [0.717, 1.165) is 9.13 Å². The standard InChI is InChI=1S/C9H5IO2/c10-8-4-2-1-3-7(8)5-6-9(11)12/h1-4H,(H,11,12).